The van der Waals surface area contributed by atoms with Gasteiger partial charge in [0, 0.05) is 12.8 Å². The fourth-order valence-corrected chi connectivity index (χ4v) is 4.06. The summed E-state index contributed by atoms with van der Waals surface area (Å²) in [5, 5.41) is 1.05. The largest absolute Gasteiger partial charge is 0.333 e. The first-order chi connectivity index (χ1) is 12.1. The van der Waals surface area contributed by atoms with Crippen molar-refractivity contribution in [1.29, 1.82) is 0 Å². The molecule has 1 N–H and O–H groups in total. The van der Waals surface area contributed by atoms with Crippen LogP contribution >= 0.6 is 23.4 Å². The fourth-order valence-electron chi connectivity index (χ4n) is 2.77. The van der Waals surface area contributed by atoms with Crippen LogP contribution in [0.3, 0.4) is 0 Å². The molecule has 4 aromatic rings. The Hall–Kier alpha value is -2.44. The van der Waals surface area contributed by atoms with E-state index in [0.717, 1.165) is 27.6 Å². The second kappa shape index (κ2) is 6.46. The predicted molar refractivity (Wildman–Crippen MR) is 102 cm³/mol. The van der Waals surface area contributed by atoms with Crippen molar-refractivity contribution in [3.63, 3.8) is 0 Å². The molecule has 5 nitrogen and oxygen atoms in total. The summed E-state index contributed by atoms with van der Waals surface area (Å²) in [6, 6.07) is 17.3. The van der Waals surface area contributed by atoms with Gasteiger partial charge in [0.25, 0.3) is 5.56 Å². The minimum absolute atomic E-state index is 0.212. The standard InChI is InChI=1S/C18H15ClN4OS/c1-22-15(11-25-18-20-13-9-5-6-10-14(13)21-18)16(19)17(24)23(22)12-7-3-2-4-8-12/h2-10H,11H2,1H3,(H,20,21). The van der Waals surface area contributed by atoms with Crippen LogP contribution in [0.5, 0.6) is 0 Å². The van der Waals surface area contributed by atoms with Crippen LogP contribution in [0.2, 0.25) is 5.02 Å². The van der Waals surface area contributed by atoms with Crippen molar-refractivity contribution in [3.05, 3.63) is 75.7 Å². The molecule has 7 heteroatoms. The van der Waals surface area contributed by atoms with Gasteiger partial charge in [-0.3, -0.25) is 9.48 Å². The number of thioether (sulfide) groups is 1. The minimum Gasteiger partial charge on any atom is -0.333 e. The van der Waals surface area contributed by atoms with Crippen LogP contribution in [0.15, 0.2) is 64.5 Å². The lowest BCUT2D eigenvalue weighted by Gasteiger charge is -2.09. The van der Waals surface area contributed by atoms with Crippen molar-refractivity contribution in [3.8, 4) is 5.69 Å². The SMILES string of the molecule is Cn1c(CSc2nc3ccccc3[nH]2)c(Cl)c(=O)n1-c1ccccc1. The molecule has 4 rings (SSSR count). The summed E-state index contributed by atoms with van der Waals surface area (Å²) < 4.78 is 3.38. The van der Waals surface area contributed by atoms with E-state index in [1.54, 1.807) is 9.36 Å². The number of H-pyrrole nitrogens is 1. The van der Waals surface area contributed by atoms with E-state index < -0.39 is 0 Å². The molecule has 25 heavy (non-hydrogen) atoms. The Bertz CT molecular complexity index is 1060. The Kier molecular flexibility index (Phi) is 4.15. The van der Waals surface area contributed by atoms with E-state index in [1.807, 2.05) is 61.6 Å². The number of aromatic amines is 1. The van der Waals surface area contributed by atoms with Crippen molar-refractivity contribution in [2.75, 3.05) is 0 Å². The Morgan fingerprint density at radius 2 is 1.84 bits per heavy atom. The molecule has 0 radical (unpaired) electrons. The van der Waals surface area contributed by atoms with E-state index in [2.05, 4.69) is 9.97 Å². The molecule has 0 atom stereocenters. The highest BCUT2D eigenvalue weighted by Crippen LogP contribution is 2.26. The Morgan fingerprint density at radius 1 is 1.12 bits per heavy atom. The summed E-state index contributed by atoms with van der Waals surface area (Å²) in [6.07, 6.45) is 0. The van der Waals surface area contributed by atoms with Crippen LogP contribution in [-0.2, 0) is 12.8 Å². The van der Waals surface area contributed by atoms with E-state index in [-0.39, 0.29) is 10.6 Å². The molecule has 2 aromatic heterocycles. The van der Waals surface area contributed by atoms with Gasteiger partial charge >= 0.3 is 0 Å². The van der Waals surface area contributed by atoms with Crippen molar-refractivity contribution < 1.29 is 0 Å². The summed E-state index contributed by atoms with van der Waals surface area (Å²) in [4.78, 5) is 20.4. The van der Waals surface area contributed by atoms with Crippen LogP contribution in [0.1, 0.15) is 5.69 Å². The third-order valence-corrected chi connectivity index (χ3v) is 5.30. The lowest BCUT2D eigenvalue weighted by molar-refractivity contribution is 0.627. The Morgan fingerprint density at radius 3 is 2.60 bits per heavy atom. The fraction of sp³-hybridized carbons (Fsp3) is 0.111. The third kappa shape index (κ3) is 2.88. The number of para-hydroxylation sites is 3. The number of hydrogen-bond donors (Lipinski definition) is 1. The number of nitrogens with zero attached hydrogens (tertiary/aromatic N) is 3. The average Bonchev–Trinajstić information content (AvgIpc) is 3.13. The molecule has 2 aromatic carbocycles. The molecule has 0 aliphatic rings. The van der Waals surface area contributed by atoms with E-state index in [0.29, 0.717) is 5.75 Å². The summed E-state index contributed by atoms with van der Waals surface area (Å²) in [7, 11) is 1.84. The molecule has 126 valence electrons. The van der Waals surface area contributed by atoms with E-state index in [4.69, 9.17) is 11.6 Å². The van der Waals surface area contributed by atoms with Gasteiger partial charge in [-0.1, -0.05) is 53.7 Å². The van der Waals surface area contributed by atoms with Gasteiger partial charge < -0.3 is 4.98 Å². The molecule has 0 saturated heterocycles. The van der Waals surface area contributed by atoms with Gasteiger partial charge in [-0.05, 0) is 24.3 Å². The number of hydrogen-bond acceptors (Lipinski definition) is 3. The van der Waals surface area contributed by atoms with Crippen molar-refractivity contribution in [2.45, 2.75) is 10.9 Å². The molecule has 2 heterocycles. The van der Waals surface area contributed by atoms with Gasteiger partial charge in [0.1, 0.15) is 5.02 Å². The average molecular weight is 371 g/mol. The number of rotatable bonds is 4. The number of fused-ring (bicyclic) bond motifs is 1. The van der Waals surface area contributed by atoms with E-state index in [1.165, 1.54) is 11.8 Å². The number of benzene rings is 2. The first-order valence-electron chi connectivity index (χ1n) is 7.74. The van der Waals surface area contributed by atoms with Gasteiger partial charge in [-0.2, -0.15) is 0 Å². The summed E-state index contributed by atoms with van der Waals surface area (Å²) in [5.41, 5.74) is 3.26. The van der Waals surface area contributed by atoms with Crippen LogP contribution in [0.4, 0.5) is 0 Å². The highest BCUT2D eigenvalue weighted by Gasteiger charge is 2.18. The lowest BCUT2D eigenvalue weighted by atomic mass is 10.3. The maximum atomic E-state index is 12.5. The van der Waals surface area contributed by atoms with Crippen LogP contribution in [-0.4, -0.2) is 19.3 Å². The Balaban J connectivity index is 1.66. The molecule has 0 bridgehead atoms. The van der Waals surface area contributed by atoms with Crippen molar-refractivity contribution in [1.82, 2.24) is 19.3 Å². The first-order valence-corrected chi connectivity index (χ1v) is 9.11. The Labute approximate surface area is 153 Å². The van der Waals surface area contributed by atoms with Crippen LogP contribution < -0.4 is 5.56 Å². The summed E-state index contributed by atoms with van der Waals surface area (Å²) >= 11 is 7.84. The van der Waals surface area contributed by atoms with Gasteiger partial charge in [0.05, 0.1) is 22.4 Å². The number of imidazole rings is 1. The summed E-state index contributed by atoms with van der Waals surface area (Å²) in [6.45, 7) is 0. The maximum Gasteiger partial charge on any atom is 0.290 e. The first kappa shape index (κ1) is 16.1. The van der Waals surface area contributed by atoms with E-state index >= 15 is 0 Å². The van der Waals surface area contributed by atoms with Gasteiger partial charge in [0.2, 0.25) is 0 Å². The monoisotopic (exact) mass is 370 g/mol. The quantitative estimate of drug-likeness (QED) is 0.552. The molecule has 0 spiro atoms. The second-order valence-corrected chi connectivity index (χ2v) is 6.93. The molecule has 0 aliphatic carbocycles. The number of halogens is 1. The van der Waals surface area contributed by atoms with Crippen molar-refractivity contribution in [2.24, 2.45) is 7.05 Å². The van der Waals surface area contributed by atoms with Crippen LogP contribution in [0, 0.1) is 0 Å². The topological polar surface area (TPSA) is 55.6 Å². The van der Waals surface area contributed by atoms with Gasteiger partial charge in [-0.25, -0.2) is 9.67 Å². The third-order valence-electron chi connectivity index (χ3n) is 4.04. The van der Waals surface area contributed by atoms with E-state index in [9.17, 15) is 4.79 Å². The number of aromatic nitrogens is 4. The lowest BCUT2D eigenvalue weighted by Crippen LogP contribution is -2.19. The predicted octanol–water partition coefficient (Wildman–Crippen LogP) is 4.00. The zero-order valence-electron chi connectivity index (χ0n) is 13.4. The minimum atomic E-state index is -0.212. The second-order valence-electron chi connectivity index (χ2n) is 5.58. The zero-order chi connectivity index (χ0) is 17.4. The molecule has 0 aliphatic heterocycles. The highest BCUT2D eigenvalue weighted by atomic mass is 35.5. The molecule has 0 unspecified atom stereocenters. The number of nitrogens with one attached hydrogen (secondary N) is 1. The maximum absolute atomic E-state index is 12.5. The van der Waals surface area contributed by atoms with Crippen LogP contribution in [0.25, 0.3) is 16.7 Å². The van der Waals surface area contributed by atoms with Gasteiger partial charge in [0.15, 0.2) is 5.16 Å². The molecule has 0 fully saturated rings. The van der Waals surface area contributed by atoms with Gasteiger partial charge in [-0.15, -0.1) is 0 Å². The molecule has 0 saturated carbocycles. The van der Waals surface area contributed by atoms with Crippen molar-refractivity contribution >= 4 is 34.4 Å². The normalized spacial score (nSPS) is 11.3. The zero-order valence-corrected chi connectivity index (χ0v) is 15.0. The summed E-state index contributed by atoms with van der Waals surface area (Å²) in [5.74, 6) is 0.546. The molecule has 0 amide bonds. The highest BCUT2D eigenvalue weighted by molar-refractivity contribution is 7.98. The smallest absolute Gasteiger partial charge is 0.290 e. The molecular formula is C18H15ClN4OS. The molecular weight excluding hydrogens is 356 g/mol.